The zero-order chi connectivity index (χ0) is 21.9. The first-order valence-electron chi connectivity index (χ1n) is 11.1. The van der Waals surface area contributed by atoms with E-state index in [-0.39, 0.29) is 11.9 Å². The Morgan fingerprint density at radius 1 is 0.906 bits per heavy atom. The van der Waals surface area contributed by atoms with Crippen LogP contribution in [0.5, 0.6) is 0 Å². The van der Waals surface area contributed by atoms with E-state index in [1.807, 2.05) is 53.4 Å². The molecule has 3 aromatic rings. The van der Waals surface area contributed by atoms with Crippen LogP contribution < -0.4 is 0 Å². The fourth-order valence-corrected chi connectivity index (χ4v) is 4.41. The minimum atomic E-state index is -0.374. The molecule has 2 aliphatic heterocycles. The van der Waals surface area contributed by atoms with Crippen LogP contribution in [0.4, 0.5) is 5.69 Å². The van der Waals surface area contributed by atoms with Crippen LogP contribution in [0, 0.1) is 6.92 Å². The van der Waals surface area contributed by atoms with E-state index in [9.17, 15) is 4.79 Å². The van der Waals surface area contributed by atoms with Gasteiger partial charge in [-0.15, -0.1) is 0 Å². The lowest BCUT2D eigenvalue weighted by Gasteiger charge is -2.38. The number of amides is 1. The molecule has 2 heterocycles. The van der Waals surface area contributed by atoms with Crippen molar-refractivity contribution in [3.05, 3.63) is 101 Å². The molecule has 5 heteroatoms. The molecular formula is C27H27N3O2. The molecule has 0 aliphatic carbocycles. The van der Waals surface area contributed by atoms with Gasteiger partial charge in [0.15, 0.2) is 0 Å². The molecule has 162 valence electrons. The second-order valence-corrected chi connectivity index (χ2v) is 8.32. The maximum atomic E-state index is 14.2. The average molecular weight is 426 g/mol. The van der Waals surface area contributed by atoms with Crippen LogP contribution in [0.3, 0.4) is 0 Å². The van der Waals surface area contributed by atoms with Crippen LogP contribution >= 0.6 is 0 Å². The van der Waals surface area contributed by atoms with Gasteiger partial charge >= 0.3 is 0 Å². The van der Waals surface area contributed by atoms with Crippen molar-refractivity contribution in [2.45, 2.75) is 19.5 Å². The highest BCUT2D eigenvalue weighted by Gasteiger charge is 2.36. The summed E-state index contributed by atoms with van der Waals surface area (Å²) in [7, 11) is 0. The molecule has 5 rings (SSSR count). The van der Waals surface area contributed by atoms with Crippen LogP contribution in [0.2, 0.25) is 0 Å². The topological polar surface area (TPSA) is 45.1 Å². The van der Waals surface area contributed by atoms with Gasteiger partial charge in [-0.1, -0.05) is 78.4 Å². The second-order valence-electron chi connectivity index (χ2n) is 8.32. The van der Waals surface area contributed by atoms with E-state index in [1.165, 1.54) is 5.56 Å². The normalized spacial score (nSPS) is 17.4. The number of carbonyl (C=O) groups is 1. The number of aryl methyl sites for hydroxylation is 1. The second kappa shape index (κ2) is 9.07. The van der Waals surface area contributed by atoms with Gasteiger partial charge in [-0.25, -0.2) is 4.99 Å². The number of carbonyl (C=O) groups excluding carboxylic acids is 1. The molecular weight excluding hydrogens is 398 g/mol. The fraction of sp³-hybridized carbons (Fsp3) is 0.259. The number of nitrogens with zero attached hydrogens (tertiary/aromatic N) is 3. The third kappa shape index (κ3) is 4.09. The number of ether oxygens (including phenoxy) is 1. The number of hydrogen-bond donors (Lipinski definition) is 0. The van der Waals surface area contributed by atoms with Crippen LogP contribution in [0.15, 0.2) is 83.9 Å². The fourth-order valence-electron chi connectivity index (χ4n) is 4.41. The molecule has 0 radical (unpaired) electrons. The van der Waals surface area contributed by atoms with Crippen molar-refractivity contribution in [2.75, 3.05) is 26.3 Å². The van der Waals surface area contributed by atoms with Gasteiger partial charge in [-0.3, -0.25) is 14.6 Å². The zero-order valence-electron chi connectivity index (χ0n) is 18.3. The average Bonchev–Trinajstić information content (AvgIpc) is 2.85. The smallest absolute Gasteiger partial charge is 0.250 e. The number of hydrogen-bond acceptors (Lipinski definition) is 4. The van der Waals surface area contributed by atoms with Gasteiger partial charge in [0.25, 0.3) is 0 Å². The number of amidine groups is 1. The predicted octanol–water partition coefficient (Wildman–Crippen LogP) is 4.49. The van der Waals surface area contributed by atoms with Gasteiger partial charge in [-0.05, 0) is 24.1 Å². The van der Waals surface area contributed by atoms with Crippen molar-refractivity contribution in [3.8, 4) is 0 Å². The Morgan fingerprint density at radius 2 is 1.59 bits per heavy atom. The largest absolute Gasteiger partial charge is 0.379 e. The first-order chi connectivity index (χ1) is 15.7. The Labute approximate surface area is 189 Å². The van der Waals surface area contributed by atoms with Crippen LogP contribution in [-0.4, -0.2) is 47.8 Å². The highest BCUT2D eigenvalue weighted by atomic mass is 16.5. The van der Waals surface area contributed by atoms with Crippen LogP contribution in [-0.2, 0) is 16.1 Å². The SMILES string of the molecule is Cc1ccc(C2=Nc3ccccc3CN2C(=O)C(c2ccccc2)N2CCOCC2)cc1. The summed E-state index contributed by atoms with van der Waals surface area (Å²) in [6, 6.07) is 26.0. The highest BCUT2D eigenvalue weighted by molar-refractivity contribution is 6.11. The molecule has 5 nitrogen and oxygen atoms in total. The molecule has 1 atom stereocenters. The summed E-state index contributed by atoms with van der Waals surface area (Å²) in [5.74, 6) is 0.759. The lowest BCUT2D eigenvalue weighted by Crippen LogP contribution is -2.49. The van der Waals surface area contributed by atoms with Gasteiger partial charge in [0.1, 0.15) is 11.9 Å². The molecule has 0 bridgehead atoms. The molecule has 1 amide bonds. The third-order valence-electron chi connectivity index (χ3n) is 6.14. The van der Waals surface area contributed by atoms with E-state index < -0.39 is 0 Å². The molecule has 0 saturated carbocycles. The molecule has 1 saturated heterocycles. The first kappa shape index (κ1) is 20.6. The number of fused-ring (bicyclic) bond motifs is 1. The number of rotatable bonds is 4. The molecule has 32 heavy (non-hydrogen) atoms. The Balaban J connectivity index is 1.58. The molecule has 0 N–H and O–H groups in total. The molecule has 2 aliphatic rings. The number of aliphatic imine (C=N–C) groups is 1. The van der Waals surface area contributed by atoms with Crippen molar-refractivity contribution < 1.29 is 9.53 Å². The Hall–Kier alpha value is -3.28. The van der Waals surface area contributed by atoms with E-state index in [4.69, 9.17) is 9.73 Å². The van der Waals surface area contributed by atoms with E-state index >= 15 is 0 Å². The van der Waals surface area contributed by atoms with Crippen molar-refractivity contribution >= 4 is 17.4 Å². The molecule has 1 unspecified atom stereocenters. The maximum Gasteiger partial charge on any atom is 0.250 e. The molecule has 1 fully saturated rings. The van der Waals surface area contributed by atoms with Crippen molar-refractivity contribution in [2.24, 2.45) is 4.99 Å². The Bertz CT molecular complexity index is 1120. The lowest BCUT2D eigenvalue weighted by molar-refractivity contribution is -0.135. The van der Waals surface area contributed by atoms with Crippen molar-refractivity contribution in [3.63, 3.8) is 0 Å². The van der Waals surface area contributed by atoms with Gasteiger partial charge in [0.2, 0.25) is 5.91 Å². The summed E-state index contributed by atoms with van der Waals surface area (Å²) >= 11 is 0. The minimum absolute atomic E-state index is 0.0481. The minimum Gasteiger partial charge on any atom is -0.379 e. The monoisotopic (exact) mass is 425 g/mol. The molecule has 3 aromatic carbocycles. The summed E-state index contributed by atoms with van der Waals surface area (Å²) in [5.41, 5.74) is 5.12. The predicted molar refractivity (Wildman–Crippen MR) is 126 cm³/mol. The van der Waals surface area contributed by atoms with Gasteiger partial charge in [-0.2, -0.15) is 0 Å². The van der Waals surface area contributed by atoms with Crippen molar-refractivity contribution in [1.82, 2.24) is 9.80 Å². The van der Waals surface area contributed by atoms with Gasteiger partial charge < -0.3 is 4.74 Å². The van der Waals surface area contributed by atoms with Gasteiger partial charge in [0.05, 0.1) is 25.4 Å². The summed E-state index contributed by atoms with van der Waals surface area (Å²) in [6.45, 7) is 5.31. The standard InChI is InChI=1S/C27H27N3O2/c1-20-11-13-22(14-12-20)26-28-24-10-6-5-9-23(24)19-30(26)27(31)25(21-7-3-2-4-8-21)29-15-17-32-18-16-29/h2-14,25H,15-19H2,1H3. The zero-order valence-corrected chi connectivity index (χ0v) is 18.3. The number of benzene rings is 3. The van der Waals surface area contributed by atoms with Crippen LogP contribution in [0.1, 0.15) is 28.3 Å². The number of para-hydroxylation sites is 1. The van der Waals surface area contributed by atoms with E-state index in [0.717, 1.165) is 35.5 Å². The third-order valence-corrected chi connectivity index (χ3v) is 6.14. The number of morpholine rings is 1. The molecule has 0 aromatic heterocycles. The summed E-state index contributed by atoms with van der Waals surface area (Å²) in [5, 5.41) is 0. The van der Waals surface area contributed by atoms with Crippen LogP contribution in [0.25, 0.3) is 0 Å². The van der Waals surface area contributed by atoms with Gasteiger partial charge in [0, 0.05) is 18.7 Å². The van der Waals surface area contributed by atoms with E-state index in [1.54, 1.807) is 0 Å². The Morgan fingerprint density at radius 3 is 2.34 bits per heavy atom. The maximum absolute atomic E-state index is 14.2. The quantitative estimate of drug-likeness (QED) is 0.619. The summed E-state index contributed by atoms with van der Waals surface area (Å²) in [4.78, 5) is 23.3. The first-order valence-corrected chi connectivity index (χ1v) is 11.1. The van der Waals surface area contributed by atoms with E-state index in [2.05, 4.69) is 42.2 Å². The summed E-state index contributed by atoms with van der Waals surface area (Å²) in [6.07, 6.45) is 0. The molecule has 0 spiro atoms. The summed E-state index contributed by atoms with van der Waals surface area (Å²) < 4.78 is 5.57. The van der Waals surface area contributed by atoms with E-state index in [0.29, 0.717) is 25.6 Å². The Kier molecular flexibility index (Phi) is 5.84. The highest BCUT2D eigenvalue weighted by Crippen LogP contribution is 2.32. The lowest BCUT2D eigenvalue weighted by atomic mass is 10.0. The van der Waals surface area contributed by atoms with Crippen molar-refractivity contribution in [1.29, 1.82) is 0 Å².